The Labute approximate surface area is 152 Å². The Morgan fingerprint density at radius 2 is 1.96 bits per heavy atom. The molecule has 3 aromatic rings. The minimum absolute atomic E-state index is 0. The smallest absolute Gasteiger partial charge is 0.280 e. The Balaban J connectivity index is 0.00000182. The molecule has 132 valence electrons. The van der Waals surface area contributed by atoms with Crippen LogP contribution in [0.4, 0.5) is 0 Å². The van der Waals surface area contributed by atoms with Gasteiger partial charge in [0.15, 0.2) is 11.5 Å². The highest BCUT2D eigenvalue weighted by Crippen LogP contribution is 2.35. The van der Waals surface area contributed by atoms with Crippen LogP contribution in [0.3, 0.4) is 0 Å². The zero-order valence-electron chi connectivity index (χ0n) is 14.3. The van der Waals surface area contributed by atoms with E-state index >= 15 is 0 Å². The van der Waals surface area contributed by atoms with Crippen LogP contribution in [0, 0.1) is 13.8 Å². The molecule has 8 heteroatoms. The number of hydrogen-bond donors (Lipinski definition) is 1. The molecule has 0 aliphatic heterocycles. The van der Waals surface area contributed by atoms with Crippen molar-refractivity contribution in [3.8, 4) is 17.3 Å². The number of rotatable bonds is 3. The summed E-state index contributed by atoms with van der Waals surface area (Å²) >= 11 is 0. The van der Waals surface area contributed by atoms with Gasteiger partial charge in [-0.1, -0.05) is 35.3 Å². The highest BCUT2D eigenvalue weighted by molar-refractivity contribution is 5.85. The van der Waals surface area contributed by atoms with Crippen molar-refractivity contribution in [1.29, 1.82) is 0 Å². The van der Waals surface area contributed by atoms with Crippen LogP contribution in [0.1, 0.15) is 42.8 Å². The van der Waals surface area contributed by atoms with Crippen molar-refractivity contribution in [2.24, 2.45) is 5.73 Å². The second kappa shape index (κ2) is 6.57. The van der Waals surface area contributed by atoms with Crippen molar-refractivity contribution >= 4 is 12.4 Å². The van der Waals surface area contributed by atoms with E-state index in [4.69, 9.17) is 10.3 Å². The summed E-state index contributed by atoms with van der Waals surface area (Å²) in [5.74, 6) is 0.942. The summed E-state index contributed by atoms with van der Waals surface area (Å²) in [7, 11) is 0. The Morgan fingerprint density at radius 3 is 2.68 bits per heavy atom. The number of benzene rings is 1. The van der Waals surface area contributed by atoms with Crippen LogP contribution < -0.4 is 5.73 Å². The molecule has 0 radical (unpaired) electrons. The molecule has 1 aliphatic carbocycles. The number of aromatic nitrogens is 5. The van der Waals surface area contributed by atoms with Gasteiger partial charge in [-0.2, -0.15) is 4.98 Å². The minimum atomic E-state index is -0.470. The van der Waals surface area contributed by atoms with Crippen LogP contribution >= 0.6 is 12.4 Å². The van der Waals surface area contributed by atoms with Gasteiger partial charge in [-0.15, -0.1) is 17.5 Å². The molecule has 0 saturated heterocycles. The van der Waals surface area contributed by atoms with Crippen molar-refractivity contribution in [2.45, 2.75) is 45.1 Å². The fraction of sp³-hybridized carbons (Fsp3) is 0.412. The molecular weight excluding hydrogens is 340 g/mol. The molecular formula is C17H21ClN6O. The quantitative estimate of drug-likeness (QED) is 0.771. The molecule has 2 heterocycles. The van der Waals surface area contributed by atoms with E-state index in [-0.39, 0.29) is 12.4 Å². The molecule has 1 aliphatic rings. The Morgan fingerprint density at radius 1 is 1.20 bits per heavy atom. The largest absolute Gasteiger partial charge is 0.332 e. The molecule has 1 aromatic carbocycles. The maximum atomic E-state index is 6.40. The first kappa shape index (κ1) is 17.6. The first-order valence-corrected chi connectivity index (χ1v) is 8.20. The molecule has 0 bridgehead atoms. The molecule has 7 nitrogen and oxygen atoms in total. The Hall–Kier alpha value is -2.25. The van der Waals surface area contributed by atoms with Gasteiger partial charge >= 0.3 is 0 Å². The standard InChI is InChI=1S/C17H20N6O.ClH/c1-11-6-5-7-13(10-11)23-12(2)14(20-22-23)15-19-16(21-24-15)17(18)8-3-4-9-17;/h5-7,10H,3-4,8-9,18H2,1-2H3;1H. The minimum Gasteiger partial charge on any atom is -0.332 e. The van der Waals surface area contributed by atoms with Crippen molar-refractivity contribution in [1.82, 2.24) is 25.1 Å². The SMILES string of the molecule is Cc1cccc(-n2nnc(-c3nc(C4(N)CCCC4)no3)c2C)c1.Cl. The maximum Gasteiger partial charge on any atom is 0.280 e. The summed E-state index contributed by atoms with van der Waals surface area (Å²) in [6.07, 6.45) is 3.98. The van der Waals surface area contributed by atoms with Crippen LogP contribution in [-0.2, 0) is 5.54 Å². The third kappa shape index (κ3) is 3.05. The van der Waals surface area contributed by atoms with Crippen molar-refractivity contribution in [3.63, 3.8) is 0 Å². The number of halogens is 1. The summed E-state index contributed by atoms with van der Waals surface area (Å²) in [5.41, 5.74) is 9.49. The van der Waals surface area contributed by atoms with Crippen molar-refractivity contribution in [2.75, 3.05) is 0 Å². The zero-order valence-corrected chi connectivity index (χ0v) is 15.1. The molecule has 0 amide bonds. The van der Waals surface area contributed by atoms with Crippen LogP contribution in [-0.4, -0.2) is 25.1 Å². The molecule has 1 fully saturated rings. The van der Waals surface area contributed by atoms with E-state index in [1.807, 2.05) is 32.0 Å². The topological polar surface area (TPSA) is 95.7 Å². The Kier molecular flexibility index (Phi) is 4.62. The summed E-state index contributed by atoms with van der Waals surface area (Å²) in [6, 6.07) is 8.08. The lowest BCUT2D eigenvalue weighted by Crippen LogP contribution is -2.34. The van der Waals surface area contributed by atoms with Gasteiger partial charge in [-0.3, -0.25) is 0 Å². The first-order chi connectivity index (χ1) is 11.6. The van der Waals surface area contributed by atoms with Gasteiger partial charge in [0.1, 0.15) is 0 Å². The van der Waals surface area contributed by atoms with Crippen molar-refractivity contribution in [3.05, 3.63) is 41.3 Å². The molecule has 1 saturated carbocycles. The highest BCUT2D eigenvalue weighted by atomic mass is 35.5. The third-order valence-corrected chi connectivity index (χ3v) is 4.71. The number of nitrogens with zero attached hydrogens (tertiary/aromatic N) is 5. The average molecular weight is 361 g/mol. The second-order valence-corrected chi connectivity index (χ2v) is 6.56. The normalized spacial score (nSPS) is 16.0. The summed E-state index contributed by atoms with van der Waals surface area (Å²) in [4.78, 5) is 4.50. The molecule has 25 heavy (non-hydrogen) atoms. The van der Waals surface area contributed by atoms with E-state index in [0.717, 1.165) is 42.6 Å². The first-order valence-electron chi connectivity index (χ1n) is 8.20. The van der Waals surface area contributed by atoms with E-state index in [9.17, 15) is 0 Å². The van der Waals surface area contributed by atoms with E-state index < -0.39 is 5.54 Å². The number of hydrogen-bond acceptors (Lipinski definition) is 6. The van der Waals surface area contributed by atoms with Crippen LogP contribution in [0.15, 0.2) is 28.8 Å². The van der Waals surface area contributed by atoms with E-state index in [1.54, 1.807) is 4.68 Å². The third-order valence-electron chi connectivity index (χ3n) is 4.71. The fourth-order valence-electron chi connectivity index (χ4n) is 3.28. The van der Waals surface area contributed by atoms with Gasteiger partial charge in [0.05, 0.1) is 16.9 Å². The van der Waals surface area contributed by atoms with Crippen LogP contribution in [0.5, 0.6) is 0 Å². The molecule has 0 spiro atoms. The predicted octanol–water partition coefficient (Wildman–Crippen LogP) is 3.08. The summed E-state index contributed by atoms with van der Waals surface area (Å²) in [5, 5.41) is 12.6. The van der Waals surface area contributed by atoms with Crippen LogP contribution in [0.2, 0.25) is 0 Å². The fourth-order valence-corrected chi connectivity index (χ4v) is 3.28. The van der Waals surface area contributed by atoms with Gasteiger partial charge in [0, 0.05) is 0 Å². The summed E-state index contributed by atoms with van der Waals surface area (Å²) < 4.78 is 7.20. The van der Waals surface area contributed by atoms with Gasteiger partial charge in [0.25, 0.3) is 5.89 Å². The van der Waals surface area contributed by atoms with E-state index in [2.05, 4.69) is 26.5 Å². The van der Waals surface area contributed by atoms with E-state index in [1.165, 1.54) is 0 Å². The van der Waals surface area contributed by atoms with E-state index in [0.29, 0.717) is 17.4 Å². The molecule has 0 atom stereocenters. The lowest BCUT2D eigenvalue weighted by Gasteiger charge is -2.17. The van der Waals surface area contributed by atoms with Gasteiger partial charge in [-0.05, 0) is 44.4 Å². The summed E-state index contributed by atoms with van der Waals surface area (Å²) in [6.45, 7) is 3.98. The Bertz CT molecular complexity index is 881. The highest BCUT2D eigenvalue weighted by Gasteiger charge is 2.36. The zero-order chi connectivity index (χ0) is 16.7. The van der Waals surface area contributed by atoms with Gasteiger partial charge < -0.3 is 10.3 Å². The molecule has 0 unspecified atom stereocenters. The lowest BCUT2D eigenvalue weighted by molar-refractivity contribution is 0.372. The lowest BCUT2D eigenvalue weighted by atomic mass is 9.99. The monoisotopic (exact) mass is 360 g/mol. The number of nitrogens with two attached hydrogens (primary N) is 1. The molecule has 4 rings (SSSR count). The van der Waals surface area contributed by atoms with Gasteiger partial charge in [0.2, 0.25) is 0 Å². The number of aryl methyl sites for hydroxylation is 1. The second-order valence-electron chi connectivity index (χ2n) is 6.56. The molecule has 2 N–H and O–H groups in total. The predicted molar refractivity (Wildman–Crippen MR) is 95.7 cm³/mol. The average Bonchev–Trinajstić information content (AvgIpc) is 3.27. The van der Waals surface area contributed by atoms with Crippen molar-refractivity contribution < 1.29 is 4.52 Å². The molecule has 2 aromatic heterocycles. The van der Waals surface area contributed by atoms with Crippen LogP contribution in [0.25, 0.3) is 17.3 Å². The van der Waals surface area contributed by atoms with Gasteiger partial charge in [-0.25, -0.2) is 4.68 Å². The maximum absolute atomic E-state index is 6.40.